The van der Waals surface area contributed by atoms with Crippen LogP contribution in [0.5, 0.6) is 0 Å². The van der Waals surface area contributed by atoms with Gasteiger partial charge in [0.15, 0.2) is 5.16 Å². The maximum absolute atomic E-state index is 11.9. The number of amides is 3. The van der Waals surface area contributed by atoms with Crippen molar-refractivity contribution in [2.45, 2.75) is 38.4 Å². The highest BCUT2D eigenvalue weighted by Gasteiger charge is 2.16. The smallest absolute Gasteiger partial charge is 0.321 e. The van der Waals surface area contributed by atoms with Crippen molar-refractivity contribution in [1.29, 1.82) is 0 Å². The maximum Gasteiger partial charge on any atom is 0.321 e. The zero-order valence-corrected chi connectivity index (χ0v) is 15.6. The fraction of sp³-hybridized carbons (Fsp3) is 0.333. The molecule has 7 heteroatoms. The molecule has 0 saturated carbocycles. The number of aromatic nitrogens is 2. The average molecular weight is 358 g/mol. The van der Waals surface area contributed by atoms with Crippen LogP contribution in [0.4, 0.5) is 4.79 Å². The van der Waals surface area contributed by atoms with E-state index in [1.165, 1.54) is 11.8 Å². The summed E-state index contributed by atoms with van der Waals surface area (Å²) in [5.74, 6) is -0.326. The third-order valence-electron chi connectivity index (χ3n) is 2.98. The number of urea groups is 1. The number of thioether (sulfide) groups is 1. The summed E-state index contributed by atoms with van der Waals surface area (Å²) in [6.45, 7) is 7.42. The minimum Gasteiger partial charge on any atom is -0.333 e. The van der Waals surface area contributed by atoms with Gasteiger partial charge in [-0.15, -0.1) is 0 Å². The third-order valence-corrected chi connectivity index (χ3v) is 3.82. The second kappa shape index (κ2) is 8.11. The van der Waals surface area contributed by atoms with Crippen molar-refractivity contribution in [3.8, 4) is 11.3 Å². The largest absolute Gasteiger partial charge is 0.333 e. The topological polar surface area (TPSA) is 84.0 Å². The summed E-state index contributed by atoms with van der Waals surface area (Å²) in [7, 11) is 0. The van der Waals surface area contributed by atoms with Crippen molar-refractivity contribution in [2.75, 3.05) is 5.75 Å². The molecule has 25 heavy (non-hydrogen) atoms. The second-order valence-electron chi connectivity index (χ2n) is 6.58. The first-order valence-electron chi connectivity index (χ1n) is 7.89. The molecule has 0 atom stereocenters. The molecule has 3 amide bonds. The Labute approximate surface area is 151 Å². The van der Waals surface area contributed by atoms with Crippen LogP contribution in [0, 0.1) is 6.92 Å². The van der Waals surface area contributed by atoms with E-state index in [0.717, 1.165) is 17.0 Å². The van der Waals surface area contributed by atoms with Crippen LogP contribution in [0.2, 0.25) is 0 Å². The summed E-state index contributed by atoms with van der Waals surface area (Å²) in [6, 6.07) is 11.2. The molecule has 0 bridgehead atoms. The lowest BCUT2D eigenvalue weighted by molar-refractivity contribution is -0.117. The molecule has 2 N–H and O–H groups in total. The molecule has 0 saturated heterocycles. The van der Waals surface area contributed by atoms with Crippen molar-refractivity contribution in [3.63, 3.8) is 0 Å². The molecule has 0 spiro atoms. The molecule has 1 aromatic carbocycles. The summed E-state index contributed by atoms with van der Waals surface area (Å²) in [5.41, 5.74) is 2.22. The van der Waals surface area contributed by atoms with Gasteiger partial charge >= 0.3 is 6.03 Å². The number of benzene rings is 1. The number of carbonyl (C=O) groups is 2. The number of rotatable bonds is 4. The second-order valence-corrected chi connectivity index (χ2v) is 7.53. The number of imide groups is 1. The molecule has 1 heterocycles. The first-order valence-corrected chi connectivity index (χ1v) is 8.87. The van der Waals surface area contributed by atoms with Crippen molar-refractivity contribution < 1.29 is 9.59 Å². The van der Waals surface area contributed by atoms with Gasteiger partial charge in [-0.1, -0.05) is 42.1 Å². The molecule has 2 rings (SSSR count). The van der Waals surface area contributed by atoms with Gasteiger partial charge in [-0.2, -0.15) is 0 Å². The van der Waals surface area contributed by atoms with E-state index in [2.05, 4.69) is 20.6 Å². The van der Waals surface area contributed by atoms with Crippen molar-refractivity contribution in [2.24, 2.45) is 0 Å². The number of aryl methyl sites for hydroxylation is 1. The molecule has 0 radical (unpaired) electrons. The van der Waals surface area contributed by atoms with Crippen LogP contribution in [0.3, 0.4) is 0 Å². The van der Waals surface area contributed by atoms with Crippen molar-refractivity contribution in [1.82, 2.24) is 20.6 Å². The Morgan fingerprint density at radius 3 is 2.44 bits per heavy atom. The van der Waals surface area contributed by atoms with Gasteiger partial charge in [-0.3, -0.25) is 10.1 Å². The summed E-state index contributed by atoms with van der Waals surface area (Å²) < 4.78 is 0. The van der Waals surface area contributed by atoms with Gasteiger partial charge in [0.25, 0.3) is 0 Å². The van der Waals surface area contributed by atoms with Crippen molar-refractivity contribution >= 4 is 23.7 Å². The molecule has 2 aromatic rings. The number of hydrogen-bond acceptors (Lipinski definition) is 5. The van der Waals surface area contributed by atoms with Crippen molar-refractivity contribution in [3.05, 3.63) is 42.1 Å². The van der Waals surface area contributed by atoms with Gasteiger partial charge in [0.1, 0.15) is 0 Å². The van der Waals surface area contributed by atoms with Crippen LogP contribution < -0.4 is 10.6 Å². The standard InChI is InChI=1S/C18H22N4O2S/c1-12-10-14(13-8-6-5-7-9-13)20-17(19-12)25-11-15(23)21-16(24)22-18(2,3)4/h5-10H,11H2,1-4H3,(H2,21,22,23,24). The van der Waals surface area contributed by atoms with Gasteiger partial charge in [-0.25, -0.2) is 14.8 Å². The molecule has 1 aromatic heterocycles. The van der Waals surface area contributed by atoms with Gasteiger partial charge in [-0.05, 0) is 33.8 Å². The van der Waals surface area contributed by atoms with E-state index < -0.39 is 17.5 Å². The fourth-order valence-electron chi connectivity index (χ4n) is 2.03. The van der Waals surface area contributed by atoms with E-state index in [4.69, 9.17) is 0 Å². The molecular weight excluding hydrogens is 336 g/mol. The zero-order valence-electron chi connectivity index (χ0n) is 14.8. The highest BCUT2D eigenvalue weighted by Crippen LogP contribution is 2.21. The van der Waals surface area contributed by atoms with Gasteiger partial charge in [0.2, 0.25) is 5.91 Å². The molecule has 0 unspecified atom stereocenters. The summed E-state index contributed by atoms with van der Waals surface area (Å²) >= 11 is 1.20. The lowest BCUT2D eigenvalue weighted by Gasteiger charge is -2.20. The SMILES string of the molecule is Cc1cc(-c2ccccc2)nc(SCC(=O)NC(=O)NC(C)(C)C)n1. The normalized spacial score (nSPS) is 11.0. The molecule has 0 aliphatic carbocycles. The summed E-state index contributed by atoms with van der Waals surface area (Å²) in [4.78, 5) is 32.4. The highest BCUT2D eigenvalue weighted by atomic mass is 32.2. The Bertz CT molecular complexity index is 757. The quantitative estimate of drug-likeness (QED) is 0.648. The number of nitrogens with one attached hydrogen (secondary N) is 2. The maximum atomic E-state index is 11.9. The lowest BCUT2D eigenvalue weighted by atomic mass is 10.1. The molecule has 0 fully saturated rings. The van der Waals surface area contributed by atoms with Crippen LogP contribution in [0.15, 0.2) is 41.6 Å². The molecule has 6 nitrogen and oxygen atoms in total. The first kappa shape index (κ1) is 18.9. The lowest BCUT2D eigenvalue weighted by Crippen LogP contribution is -2.48. The Hall–Kier alpha value is -2.41. The predicted octanol–water partition coefficient (Wildman–Crippen LogP) is 3.17. The fourth-order valence-corrected chi connectivity index (χ4v) is 2.73. The minimum absolute atomic E-state index is 0.0647. The number of hydrogen-bond donors (Lipinski definition) is 2. The van der Waals surface area contributed by atoms with Gasteiger partial charge in [0, 0.05) is 16.8 Å². The molecular formula is C18H22N4O2S. The van der Waals surface area contributed by atoms with Crippen LogP contribution in [-0.4, -0.2) is 33.2 Å². The summed E-state index contributed by atoms with van der Waals surface area (Å²) in [5, 5.41) is 5.48. The van der Waals surface area contributed by atoms with E-state index in [1.54, 1.807) is 0 Å². The average Bonchev–Trinajstić information content (AvgIpc) is 2.51. The molecule has 0 aliphatic rings. The van der Waals surface area contributed by atoms with Crippen LogP contribution in [0.25, 0.3) is 11.3 Å². The first-order chi connectivity index (χ1) is 11.7. The Morgan fingerprint density at radius 1 is 1.12 bits per heavy atom. The van der Waals surface area contributed by atoms with Gasteiger partial charge < -0.3 is 5.32 Å². The van der Waals surface area contributed by atoms with Crippen LogP contribution in [0.1, 0.15) is 26.5 Å². The van der Waals surface area contributed by atoms with E-state index in [-0.39, 0.29) is 5.75 Å². The van der Waals surface area contributed by atoms with E-state index in [0.29, 0.717) is 5.16 Å². The Kier molecular flexibility index (Phi) is 6.14. The van der Waals surface area contributed by atoms with Crippen LogP contribution in [-0.2, 0) is 4.79 Å². The minimum atomic E-state index is -0.506. The molecule has 132 valence electrons. The van der Waals surface area contributed by atoms with E-state index >= 15 is 0 Å². The van der Waals surface area contributed by atoms with E-state index in [9.17, 15) is 9.59 Å². The Balaban J connectivity index is 1.98. The van der Waals surface area contributed by atoms with E-state index in [1.807, 2.05) is 64.1 Å². The van der Waals surface area contributed by atoms with Gasteiger partial charge in [0.05, 0.1) is 11.4 Å². The Morgan fingerprint density at radius 2 is 1.80 bits per heavy atom. The number of carbonyl (C=O) groups excluding carboxylic acids is 2. The van der Waals surface area contributed by atoms with Crippen LogP contribution >= 0.6 is 11.8 Å². The highest BCUT2D eigenvalue weighted by molar-refractivity contribution is 7.99. The monoisotopic (exact) mass is 358 g/mol. The summed E-state index contributed by atoms with van der Waals surface area (Å²) in [6.07, 6.45) is 0. The predicted molar refractivity (Wildman–Crippen MR) is 99.4 cm³/mol. The number of nitrogens with zero attached hydrogens (tertiary/aromatic N) is 2. The molecule has 0 aliphatic heterocycles. The zero-order chi connectivity index (χ0) is 18.4. The third kappa shape index (κ3) is 6.54.